The molecule has 0 radical (unpaired) electrons. The average molecular weight is 282 g/mol. The summed E-state index contributed by atoms with van der Waals surface area (Å²) in [6, 6.07) is 10.8. The molecule has 0 saturated carbocycles. The molecule has 1 unspecified atom stereocenters. The van der Waals surface area contributed by atoms with Gasteiger partial charge in [0.2, 0.25) is 5.82 Å². The summed E-state index contributed by atoms with van der Waals surface area (Å²) < 4.78 is 0. The van der Waals surface area contributed by atoms with Crippen LogP contribution in [0.15, 0.2) is 36.5 Å². The van der Waals surface area contributed by atoms with Crippen molar-refractivity contribution in [3.8, 4) is 6.07 Å². The smallest absolute Gasteiger partial charge is 0.328 e. The van der Waals surface area contributed by atoms with Crippen molar-refractivity contribution < 1.29 is 4.92 Å². The van der Waals surface area contributed by atoms with E-state index in [1.807, 2.05) is 44.2 Å². The first-order valence-corrected chi connectivity index (χ1v) is 6.39. The molecule has 1 aromatic carbocycles. The van der Waals surface area contributed by atoms with Gasteiger partial charge in [0.1, 0.15) is 11.6 Å². The Morgan fingerprint density at radius 3 is 2.57 bits per heavy atom. The Labute approximate surface area is 122 Å². The molecule has 21 heavy (non-hydrogen) atoms. The Kier molecular flexibility index (Phi) is 4.14. The minimum Gasteiger partial charge on any atom is -0.358 e. The molecule has 0 amide bonds. The fourth-order valence-corrected chi connectivity index (χ4v) is 1.98. The van der Waals surface area contributed by atoms with Crippen molar-refractivity contribution in [3.63, 3.8) is 0 Å². The first-order chi connectivity index (χ1) is 10.0. The second-order valence-electron chi connectivity index (χ2n) is 4.70. The third-order valence-electron chi connectivity index (χ3n) is 3.16. The van der Waals surface area contributed by atoms with Crippen molar-refractivity contribution in [2.75, 3.05) is 5.32 Å². The molecule has 1 heterocycles. The Bertz CT molecular complexity index is 705. The summed E-state index contributed by atoms with van der Waals surface area (Å²) >= 11 is 0. The van der Waals surface area contributed by atoms with Crippen molar-refractivity contribution in [2.24, 2.45) is 0 Å². The zero-order valence-electron chi connectivity index (χ0n) is 11.7. The predicted octanol–water partition coefficient (Wildman–Crippen LogP) is 3.34. The number of nitriles is 1. The molecule has 6 nitrogen and oxygen atoms in total. The molecule has 2 aromatic rings. The number of hydrogen-bond donors (Lipinski definition) is 1. The van der Waals surface area contributed by atoms with E-state index in [0.717, 1.165) is 11.1 Å². The Hall–Kier alpha value is -2.94. The molecule has 0 saturated heterocycles. The quantitative estimate of drug-likeness (QED) is 0.685. The number of hydrogen-bond acceptors (Lipinski definition) is 5. The van der Waals surface area contributed by atoms with Gasteiger partial charge in [-0.3, -0.25) is 10.1 Å². The molecule has 106 valence electrons. The highest BCUT2D eigenvalue weighted by Crippen LogP contribution is 2.29. The summed E-state index contributed by atoms with van der Waals surface area (Å²) in [7, 11) is 0. The molecule has 2 rings (SSSR count). The first kappa shape index (κ1) is 14.5. The van der Waals surface area contributed by atoms with Crippen molar-refractivity contribution in [1.29, 1.82) is 5.26 Å². The summed E-state index contributed by atoms with van der Waals surface area (Å²) in [5.41, 5.74) is 1.83. The zero-order chi connectivity index (χ0) is 15.4. The van der Waals surface area contributed by atoms with Crippen molar-refractivity contribution in [3.05, 3.63) is 63.3 Å². The lowest BCUT2D eigenvalue weighted by Gasteiger charge is -2.15. The van der Waals surface area contributed by atoms with Gasteiger partial charge in [0, 0.05) is 6.20 Å². The van der Waals surface area contributed by atoms with Crippen LogP contribution in [-0.2, 0) is 0 Å². The van der Waals surface area contributed by atoms with Gasteiger partial charge >= 0.3 is 5.69 Å². The Morgan fingerprint density at radius 1 is 1.33 bits per heavy atom. The second kappa shape index (κ2) is 6.01. The number of benzene rings is 1. The lowest BCUT2D eigenvalue weighted by molar-refractivity contribution is -0.384. The number of nitrogens with zero attached hydrogens (tertiary/aromatic N) is 3. The summed E-state index contributed by atoms with van der Waals surface area (Å²) in [5, 5.41) is 23.1. The number of aromatic nitrogens is 1. The van der Waals surface area contributed by atoms with Crippen LogP contribution in [0.2, 0.25) is 0 Å². The number of rotatable bonds is 4. The zero-order valence-corrected chi connectivity index (χ0v) is 11.7. The molecule has 0 spiro atoms. The highest BCUT2D eigenvalue weighted by molar-refractivity contribution is 5.64. The average Bonchev–Trinajstić information content (AvgIpc) is 2.47. The lowest BCUT2D eigenvalue weighted by Crippen LogP contribution is -2.10. The normalized spacial score (nSPS) is 11.5. The molecule has 0 aliphatic rings. The second-order valence-corrected chi connectivity index (χ2v) is 4.70. The van der Waals surface area contributed by atoms with E-state index in [9.17, 15) is 10.1 Å². The highest BCUT2D eigenvalue weighted by atomic mass is 16.6. The number of nitro groups is 1. The molecule has 1 aromatic heterocycles. The summed E-state index contributed by atoms with van der Waals surface area (Å²) in [6.07, 6.45) is 1.38. The van der Waals surface area contributed by atoms with Crippen molar-refractivity contribution in [2.45, 2.75) is 19.9 Å². The largest absolute Gasteiger partial charge is 0.358 e. The third kappa shape index (κ3) is 3.15. The van der Waals surface area contributed by atoms with Gasteiger partial charge in [-0.2, -0.15) is 5.26 Å². The SMILES string of the molecule is Cc1ccc(C(C)Nc2nccc(C#N)c2[N+](=O)[O-])cc1. The molecule has 6 heteroatoms. The van der Waals surface area contributed by atoms with Crippen LogP contribution < -0.4 is 5.32 Å². The lowest BCUT2D eigenvalue weighted by atomic mass is 10.1. The standard InChI is InChI=1S/C15H14N4O2/c1-10-3-5-12(6-4-10)11(2)18-15-14(19(20)21)13(9-16)7-8-17-15/h3-8,11H,1-2H3,(H,17,18). The summed E-state index contributed by atoms with van der Waals surface area (Å²) in [4.78, 5) is 14.5. The number of nitrogens with one attached hydrogen (secondary N) is 1. The van der Waals surface area contributed by atoms with Crippen LogP contribution in [-0.4, -0.2) is 9.91 Å². The van der Waals surface area contributed by atoms with Crippen LogP contribution >= 0.6 is 0 Å². The maximum atomic E-state index is 11.1. The highest BCUT2D eigenvalue weighted by Gasteiger charge is 2.22. The van der Waals surface area contributed by atoms with Gasteiger partial charge < -0.3 is 5.32 Å². The van der Waals surface area contributed by atoms with E-state index in [-0.39, 0.29) is 23.1 Å². The van der Waals surface area contributed by atoms with Crippen LogP contribution in [0.5, 0.6) is 0 Å². The maximum Gasteiger partial charge on any atom is 0.328 e. The Morgan fingerprint density at radius 2 is 2.00 bits per heavy atom. The molecular formula is C15H14N4O2. The summed E-state index contributed by atoms with van der Waals surface area (Å²) in [5.74, 6) is 0.104. The van der Waals surface area contributed by atoms with E-state index in [4.69, 9.17) is 5.26 Å². The fourth-order valence-electron chi connectivity index (χ4n) is 1.98. The number of anilines is 1. The first-order valence-electron chi connectivity index (χ1n) is 6.39. The van der Waals surface area contributed by atoms with E-state index in [1.165, 1.54) is 12.3 Å². The van der Waals surface area contributed by atoms with Crippen LogP contribution in [0.1, 0.15) is 29.7 Å². The van der Waals surface area contributed by atoms with E-state index in [2.05, 4.69) is 10.3 Å². The van der Waals surface area contributed by atoms with E-state index in [1.54, 1.807) is 0 Å². The van der Waals surface area contributed by atoms with E-state index < -0.39 is 4.92 Å². The monoisotopic (exact) mass is 282 g/mol. The van der Waals surface area contributed by atoms with Gasteiger partial charge in [0.25, 0.3) is 0 Å². The maximum absolute atomic E-state index is 11.1. The van der Waals surface area contributed by atoms with Gasteiger partial charge in [-0.1, -0.05) is 29.8 Å². The minimum absolute atomic E-state index is 0.00592. The van der Waals surface area contributed by atoms with Crippen LogP contribution in [0, 0.1) is 28.4 Å². The fraction of sp³-hybridized carbons (Fsp3) is 0.200. The minimum atomic E-state index is -0.588. The van der Waals surface area contributed by atoms with Crippen LogP contribution in [0.25, 0.3) is 0 Å². The topological polar surface area (TPSA) is 91.8 Å². The Balaban J connectivity index is 2.33. The third-order valence-corrected chi connectivity index (χ3v) is 3.16. The van der Waals surface area contributed by atoms with Gasteiger partial charge in [0.05, 0.1) is 11.0 Å². The molecule has 0 aliphatic carbocycles. The van der Waals surface area contributed by atoms with Gasteiger partial charge in [-0.15, -0.1) is 0 Å². The molecule has 0 fully saturated rings. The summed E-state index contributed by atoms with van der Waals surface area (Å²) in [6.45, 7) is 3.87. The molecular weight excluding hydrogens is 268 g/mol. The van der Waals surface area contributed by atoms with Crippen LogP contribution in [0.4, 0.5) is 11.5 Å². The van der Waals surface area contributed by atoms with Gasteiger partial charge in [-0.05, 0) is 25.5 Å². The van der Waals surface area contributed by atoms with E-state index >= 15 is 0 Å². The molecule has 0 bridgehead atoms. The number of pyridine rings is 1. The predicted molar refractivity (Wildman–Crippen MR) is 78.8 cm³/mol. The molecule has 1 atom stereocenters. The van der Waals surface area contributed by atoms with Crippen LogP contribution in [0.3, 0.4) is 0 Å². The van der Waals surface area contributed by atoms with Gasteiger partial charge in [-0.25, -0.2) is 4.98 Å². The molecule has 0 aliphatic heterocycles. The van der Waals surface area contributed by atoms with E-state index in [0.29, 0.717) is 0 Å². The van der Waals surface area contributed by atoms with Crippen molar-refractivity contribution >= 4 is 11.5 Å². The van der Waals surface area contributed by atoms with Gasteiger partial charge in [0.15, 0.2) is 0 Å². The van der Waals surface area contributed by atoms with Crippen molar-refractivity contribution in [1.82, 2.24) is 4.98 Å². The molecule has 1 N–H and O–H groups in total. The number of aryl methyl sites for hydroxylation is 1.